The van der Waals surface area contributed by atoms with Crippen LogP contribution < -0.4 is 5.32 Å². The molecule has 0 atom stereocenters. The molecule has 0 unspecified atom stereocenters. The highest BCUT2D eigenvalue weighted by atomic mass is 32.2. The lowest BCUT2D eigenvalue weighted by Crippen LogP contribution is -2.26. The number of alkyl halides is 2. The zero-order chi connectivity index (χ0) is 23.8. The Morgan fingerprint density at radius 2 is 1.85 bits per heavy atom. The molecule has 3 aromatic rings. The fourth-order valence-electron chi connectivity index (χ4n) is 4.49. The molecule has 1 amide bonds. The number of aryl methyl sites for hydroxylation is 1. The number of pyridine rings is 1. The molecule has 0 radical (unpaired) electrons. The van der Waals surface area contributed by atoms with Crippen molar-refractivity contribution in [3.8, 4) is 0 Å². The highest BCUT2D eigenvalue weighted by molar-refractivity contribution is 7.89. The van der Waals surface area contributed by atoms with Gasteiger partial charge in [0.05, 0.1) is 11.4 Å². The van der Waals surface area contributed by atoms with Gasteiger partial charge >= 0.3 is 0 Å². The molecule has 1 aromatic carbocycles. The second-order valence-corrected chi connectivity index (χ2v) is 11.1. The maximum Gasteiger partial charge on any atom is 0.255 e. The van der Waals surface area contributed by atoms with Gasteiger partial charge in [-0.15, -0.1) is 0 Å². The number of para-hydroxylation sites is 1. The Kier molecular flexibility index (Phi) is 6.26. The van der Waals surface area contributed by atoms with E-state index < -0.39 is 15.8 Å². The van der Waals surface area contributed by atoms with E-state index in [0.717, 1.165) is 17.6 Å². The first kappa shape index (κ1) is 23.4. The van der Waals surface area contributed by atoms with E-state index in [1.54, 1.807) is 24.3 Å². The molecule has 0 bridgehead atoms. The van der Waals surface area contributed by atoms with Crippen molar-refractivity contribution in [2.24, 2.45) is 5.92 Å². The highest BCUT2D eigenvalue weighted by Gasteiger charge is 2.35. The molecule has 33 heavy (non-hydrogen) atoms. The second kappa shape index (κ2) is 8.85. The molecule has 1 aliphatic rings. The van der Waals surface area contributed by atoms with Gasteiger partial charge in [-0.05, 0) is 56.4 Å². The van der Waals surface area contributed by atoms with Crippen LogP contribution in [0.2, 0.25) is 0 Å². The van der Waals surface area contributed by atoms with Gasteiger partial charge in [0.2, 0.25) is 5.92 Å². The summed E-state index contributed by atoms with van der Waals surface area (Å²) >= 11 is 0. The van der Waals surface area contributed by atoms with Crippen LogP contribution in [0.3, 0.4) is 0 Å². The Balaban J connectivity index is 1.69. The number of carbonyl (C=O) groups is 1. The summed E-state index contributed by atoms with van der Waals surface area (Å²) in [4.78, 5) is 17.4. The number of imidazole rings is 1. The van der Waals surface area contributed by atoms with E-state index in [-0.39, 0.29) is 30.4 Å². The van der Waals surface area contributed by atoms with Crippen molar-refractivity contribution in [2.75, 3.05) is 11.6 Å². The summed E-state index contributed by atoms with van der Waals surface area (Å²) in [5.41, 5.74) is 3.41. The zero-order valence-corrected chi connectivity index (χ0v) is 19.5. The number of sulfone groups is 1. The van der Waals surface area contributed by atoms with Crippen molar-refractivity contribution in [3.05, 3.63) is 65.1 Å². The number of benzene rings is 1. The van der Waals surface area contributed by atoms with E-state index in [2.05, 4.69) is 10.3 Å². The van der Waals surface area contributed by atoms with Crippen LogP contribution in [0.15, 0.2) is 42.5 Å². The average Bonchev–Trinajstić information content (AvgIpc) is 3.06. The quantitative estimate of drug-likeness (QED) is 0.555. The maximum atomic E-state index is 13.6. The van der Waals surface area contributed by atoms with Crippen LogP contribution in [0.25, 0.3) is 5.65 Å². The van der Waals surface area contributed by atoms with Gasteiger partial charge in [-0.3, -0.25) is 4.79 Å². The fraction of sp³-hybridized carbons (Fsp3) is 0.417. The highest BCUT2D eigenvalue weighted by Crippen LogP contribution is 2.38. The molecule has 0 aliphatic heterocycles. The van der Waals surface area contributed by atoms with Gasteiger partial charge in [0.15, 0.2) is 9.84 Å². The van der Waals surface area contributed by atoms with E-state index in [9.17, 15) is 22.0 Å². The van der Waals surface area contributed by atoms with Crippen LogP contribution in [0.5, 0.6) is 0 Å². The number of carbonyl (C=O) groups excluding carboxylic acids is 1. The predicted octanol–water partition coefficient (Wildman–Crippen LogP) is 4.81. The topological polar surface area (TPSA) is 80.5 Å². The summed E-state index contributed by atoms with van der Waals surface area (Å²) < 4.78 is 53.2. The van der Waals surface area contributed by atoms with Crippen molar-refractivity contribution in [1.82, 2.24) is 9.38 Å². The summed E-state index contributed by atoms with van der Waals surface area (Å²) in [5.74, 6) is -3.13. The number of anilines is 1. The molecule has 2 aromatic heterocycles. The van der Waals surface area contributed by atoms with E-state index in [1.807, 2.05) is 29.5 Å². The number of halogens is 2. The first-order chi connectivity index (χ1) is 15.5. The molecule has 1 fully saturated rings. The van der Waals surface area contributed by atoms with Crippen molar-refractivity contribution in [2.45, 2.75) is 50.7 Å². The van der Waals surface area contributed by atoms with Crippen molar-refractivity contribution in [1.29, 1.82) is 0 Å². The average molecular weight is 476 g/mol. The molecular weight excluding hydrogens is 448 g/mol. The number of fused-ring (bicyclic) bond motifs is 1. The largest absolute Gasteiger partial charge is 0.322 e. The Hall–Kier alpha value is -2.81. The lowest BCUT2D eigenvalue weighted by Gasteiger charge is -2.28. The van der Waals surface area contributed by atoms with E-state index in [4.69, 9.17) is 0 Å². The van der Waals surface area contributed by atoms with Crippen LogP contribution >= 0.6 is 0 Å². The molecule has 1 N–H and O–H groups in total. The first-order valence-electron chi connectivity index (χ1n) is 10.9. The number of aromatic nitrogens is 2. The van der Waals surface area contributed by atoms with Crippen LogP contribution in [0.4, 0.5) is 14.5 Å². The van der Waals surface area contributed by atoms with Crippen molar-refractivity contribution < 1.29 is 22.0 Å². The number of amides is 1. The molecule has 0 saturated heterocycles. The van der Waals surface area contributed by atoms with Crippen LogP contribution in [0.1, 0.15) is 53.1 Å². The van der Waals surface area contributed by atoms with Crippen molar-refractivity contribution in [3.63, 3.8) is 0 Å². The summed E-state index contributed by atoms with van der Waals surface area (Å²) in [6, 6.07) is 12.4. The number of rotatable bonds is 6. The Morgan fingerprint density at radius 1 is 1.18 bits per heavy atom. The number of nitrogens with one attached hydrogen (secondary N) is 1. The molecule has 1 aliphatic carbocycles. The molecule has 1 saturated carbocycles. The SMILES string of the molecule is Cc1cc(C(=O)Nc2ccccc2)cc2nc(CS(C)(=O)=O)c(CC3CCC(F)(F)CC3)n12. The summed E-state index contributed by atoms with van der Waals surface area (Å²) in [6.45, 7) is 1.83. The molecule has 6 nitrogen and oxygen atoms in total. The molecule has 176 valence electrons. The summed E-state index contributed by atoms with van der Waals surface area (Å²) in [5, 5.41) is 2.84. The maximum absolute atomic E-state index is 13.6. The van der Waals surface area contributed by atoms with E-state index >= 15 is 0 Å². The molecular formula is C24H27F2N3O3S. The van der Waals surface area contributed by atoms with E-state index in [0.29, 0.717) is 41.9 Å². The van der Waals surface area contributed by atoms with Gasteiger partial charge in [0.1, 0.15) is 5.65 Å². The van der Waals surface area contributed by atoms with Crippen LogP contribution in [0, 0.1) is 12.8 Å². The Morgan fingerprint density at radius 3 is 2.48 bits per heavy atom. The minimum atomic E-state index is -3.36. The summed E-state index contributed by atoms with van der Waals surface area (Å²) in [7, 11) is -3.36. The number of nitrogens with zero attached hydrogens (tertiary/aromatic N) is 2. The van der Waals surface area contributed by atoms with Gasteiger partial charge in [-0.2, -0.15) is 0 Å². The predicted molar refractivity (Wildman–Crippen MR) is 123 cm³/mol. The molecule has 9 heteroatoms. The van der Waals surface area contributed by atoms with Gasteiger partial charge in [-0.25, -0.2) is 22.2 Å². The third-order valence-electron chi connectivity index (χ3n) is 6.09. The monoisotopic (exact) mass is 475 g/mol. The lowest BCUT2D eigenvalue weighted by molar-refractivity contribution is -0.0457. The molecule has 2 heterocycles. The first-order valence-corrected chi connectivity index (χ1v) is 13.0. The minimum Gasteiger partial charge on any atom is -0.322 e. The van der Waals surface area contributed by atoms with Gasteiger partial charge < -0.3 is 9.72 Å². The van der Waals surface area contributed by atoms with Gasteiger partial charge in [0, 0.05) is 41.7 Å². The Bertz CT molecular complexity index is 1280. The van der Waals surface area contributed by atoms with Gasteiger partial charge in [0.25, 0.3) is 5.91 Å². The lowest BCUT2D eigenvalue weighted by atomic mass is 9.84. The second-order valence-electron chi connectivity index (χ2n) is 8.98. The van der Waals surface area contributed by atoms with Gasteiger partial charge in [-0.1, -0.05) is 18.2 Å². The van der Waals surface area contributed by atoms with Crippen LogP contribution in [-0.4, -0.2) is 35.9 Å². The smallest absolute Gasteiger partial charge is 0.255 e. The molecule has 4 rings (SSSR count). The zero-order valence-electron chi connectivity index (χ0n) is 18.6. The normalized spacial score (nSPS) is 16.7. The minimum absolute atomic E-state index is 0.0308. The van der Waals surface area contributed by atoms with Crippen LogP contribution in [-0.2, 0) is 22.0 Å². The number of hydrogen-bond donors (Lipinski definition) is 1. The van der Waals surface area contributed by atoms with E-state index in [1.165, 1.54) is 0 Å². The third kappa shape index (κ3) is 5.58. The number of hydrogen-bond acceptors (Lipinski definition) is 4. The van der Waals surface area contributed by atoms with Crippen molar-refractivity contribution >= 4 is 27.1 Å². The summed E-state index contributed by atoms with van der Waals surface area (Å²) in [6.07, 6.45) is 2.08. The third-order valence-corrected chi connectivity index (χ3v) is 6.89. The molecule has 0 spiro atoms. The standard InChI is InChI=1S/C24H27F2N3O3S/c1-16-12-18(23(30)27-19-6-4-3-5-7-19)14-22-28-20(15-33(2,31)32)21(29(16)22)13-17-8-10-24(25,26)11-9-17/h3-7,12,14,17H,8-11,13,15H2,1-2H3,(H,27,30). The Labute approximate surface area is 192 Å². The fourth-order valence-corrected chi connectivity index (χ4v) is 5.22.